The molecule has 0 fully saturated rings. The maximum Gasteiger partial charge on any atom is 0.228 e. The molecule has 0 saturated heterocycles. The summed E-state index contributed by atoms with van der Waals surface area (Å²) in [6, 6.07) is 9.86. The second-order valence-electron chi connectivity index (χ2n) is 6.48. The average molecular weight is 348 g/mol. The summed E-state index contributed by atoms with van der Waals surface area (Å²) in [5.74, 6) is 0.161. The van der Waals surface area contributed by atoms with Crippen molar-refractivity contribution in [3.05, 3.63) is 48.3 Å². The first-order valence-corrected chi connectivity index (χ1v) is 8.64. The molecule has 1 atom stereocenters. The van der Waals surface area contributed by atoms with Crippen molar-refractivity contribution in [2.24, 2.45) is 5.92 Å². The first-order chi connectivity index (χ1) is 12.6. The predicted molar refractivity (Wildman–Crippen MR) is 101 cm³/mol. The second-order valence-corrected chi connectivity index (χ2v) is 6.48. The third-order valence-electron chi connectivity index (χ3n) is 4.65. The summed E-state index contributed by atoms with van der Waals surface area (Å²) in [5.41, 5.74) is 4.12. The van der Waals surface area contributed by atoms with Crippen molar-refractivity contribution >= 4 is 23.1 Å². The van der Waals surface area contributed by atoms with Crippen LogP contribution in [0.25, 0.3) is 16.8 Å². The van der Waals surface area contributed by atoms with E-state index in [1.165, 1.54) is 0 Å². The van der Waals surface area contributed by atoms with E-state index in [2.05, 4.69) is 20.7 Å². The molecule has 3 aromatic rings. The molecule has 7 heteroatoms. The minimum absolute atomic E-state index is 0.122. The molecule has 1 aliphatic heterocycles. The number of aromatic nitrogens is 3. The van der Waals surface area contributed by atoms with Gasteiger partial charge < -0.3 is 16.0 Å². The Morgan fingerprint density at radius 3 is 2.96 bits per heavy atom. The number of fused-ring (bicyclic) bond motifs is 4. The molecule has 0 saturated carbocycles. The van der Waals surface area contributed by atoms with Gasteiger partial charge in [-0.3, -0.25) is 4.79 Å². The summed E-state index contributed by atoms with van der Waals surface area (Å²) >= 11 is 0. The smallest absolute Gasteiger partial charge is 0.228 e. The lowest BCUT2D eigenvalue weighted by atomic mass is 9.96. The van der Waals surface area contributed by atoms with Crippen LogP contribution in [0.4, 0.5) is 5.82 Å². The lowest BCUT2D eigenvalue weighted by molar-refractivity contribution is -0.122. The highest BCUT2D eigenvalue weighted by molar-refractivity contribution is 6.03. The zero-order chi connectivity index (χ0) is 18.1. The van der Waals surface area contributed by atoms with Crippen molar-refractivity contribution < 1.29 is 4.79 Å². The van der Waals surface area contributed by atoms with Gasteiger partial charge in [0.05, 0.1) is 12.1 Å². The summed E-state index contributed by atoms with van der Waals surface area (Å²) < 4.78 is 1.75. The van der Waals surface area contributed by atoms with Gasteiger partial charge in [-0.05, 0) is 24.1 Å². The quantitative estimate of drug-likeness (QED) is 0.580. The normalized spacial score (nSPS) is 18.1. The van der Waals surface area contributed by atoms with E-state index in [4.69, 9.17) is 5.41 Å². The highest BCUT2D eigenvalue weighted by Gasteiger charge is 2.19. The number of carbonyl (C=O) groups excluding carboxylic acids is 1. The first kappa shape index (κ1) is 16.3. The molecule has 0 spiro atoms. The Hall–Kier alpha value is -3.22. The van der Waals surface area contributed by atoms with Gasteiger partial charge >= 0.3 is 0 Å². The molecule has 3 N–H and O–H groups in total. The molecule has 0 aliphatic carbocycles. The predicted octanol–water partition coefficient (Wildman–Crippen LogP) is 2.14. The maximum absolute atomic E-state index is 12.2. The molecule has 0 radical (unpaired) electrons. The summed E-state index contributed by atoms with van der Waals surface area (Å²) in [5, 5.41) is 18.8. The van der Waals surface area contributed by atoms with Crippen LogP contribution in [0.1, 0.15) is 12.5 Å². The van der Waals surface area contributed by atoms with Crippen molar-refractivity contribution in [1.29, 1.82) is 5.41 Å². The van der Waals surface area contributed by atoms with E-state index in [1.54, 1.807) is 11.4 Å². The molecule has 2 aromatic heterocycles. The third-order valence-corrected chi connectivity index (χ3v) is 4.65. The molecule has 1 aliphatic rings. The van der Waals surface area contributed by atoms with Crippen LogP contribution in [0, 0.1) is 11.3 Å². The monoisotopic (exact) mass is 348 g/mol. The minimum Gasteiger partial charge on any atom is -0.368 e. The fourth-order valence-corrected chi connectivity index (χ4v) is 3.08. The summed E-state index contributed by atoms with van der Waals surface area (Å²) in [4.78, 5) is 16.9. The fraction of sp³-hybridized carbons (Fsp3) is 0.263. The van der Waals surface area contributed by atoms with E-state index in [1.807, 2.05) is 42.7 Å². The Labute approximate surface area is 151 Å². The van der Waals surface area contributed by atoms with E-state index in [9.17, 15) is 4.79 Å². The number of hydrogen-bond acceptors (Lipinski definition) is 5. The van der Waals surface area contributed by atoms with E-state index < -0.39 is 5.92 Å². The number of carbonyl (C=O) groups is 1. The van der Waals surface area contributed by atoms with Crippen LogP contribution in [-0.4, -0.2) is 39.3 Å². The van der Waals surface area contributed by atoms with Gasteiger partial charge in [-0.15, -0.1) is 0 Å². The van der Waals surface area contributed by atoms with Gasteiger partial charge in [-0.25, -0.2) is 9.50 Å². The zero-order valence-electron chi connectivity index (χ0n) is 14.5. The molecule has 26 heavy (non-hydrogen) atoms. The van der Waals surface area contributed by atoms with Crippen LogP contribution in [0.15, 0.2) is 42.7 Å². The Balaban J connectivity index is 1.80. The van der Waals surface area contributed by atoms with E-state index in [-0.39, 0.29) is 5.91 Å². The molecule has 7 nitrogen and oxygen atoms in total. The minimum atomic E-state index is -0.453. The molecule has 4 rings (SSSR count). The number of nitrogens with one attached hydrogen (secondary N) is 3. The lowest BCUT2D eigenvalue weighted by Gasteiger charge is -2.14. The zero-order valence-corrected chi connectivity index (χ0v) is 14.5. The van der Waals surface area contributed by atoms with Gasteiger partial charge in [0.2, 0.25) is 5.91 Å². The van der Waals surface area contributed by atoms with Gasteiger partial charge in [0.1, 0.15) is 5.82 Å². The first-order valence-electron chi connectivity index (χ1n) is 8.64. The van der Waals surface area contributed by atoms with Crippen molar-refractivity contribution in [3.63, 3.8) is 0 Å². The van der Waals surface area contributed by atoms with Gasteiger partial charge in [-0.1, -0.05) is 24.3 Å². The molecule has 1 aromatic carbocycles. The van der Waals surface area contributed by atoms with Gasteiger partial charge in [0.25, 0.3) is 0 Å². The Kier molecular flexibility index (Phi) is 4.12. The topological polar surface area (TPSA) is 95.2 Å². The van der Waals surface area contributed by atoms with E-state index in [0.717, 1.165) is 28.2 Å². The summed E-state index contributed by atoms with van der Waals surface area (Å²) in [6.07, 6.45) is 4.12. The van der Waals surface area contributed by atoms with Crippen LogP contribution in [0.3, 0.4) is 0 Å². The van der Waals surface area contributed by atoms with Crippen LogP contribution in [0.2, 0.25) is 0 Å². The lowest BCUT2D eigenvalue weighted by Crippen LogP contribution is -2.36. The molecule has 4 bridgehead atoms. The van der Waals surface area contributed by atoms with Crippen molar-refractivity contribution in [3.8, 4) is 11.1 Å². The number of nitrogens with zero attached hydrogens (tertiary/aromatic N) is 3. The van der Waals surface area contributed by atoms with Gasteiger partial charge in [0.15, 0.2) is 5.65 Å². The fourth-order valence-electron chi connectivity index (χ4n) is 3.08. The maximum atomic E-state index is 12.2. The van der Waals surface area contributed by atoms with Crippen LogP contribution in [0.5, 0.6) is 0 Å². The Morgan fingerprint density at radius 1 is 1.23 bits per heavy atom. The standard InChI is InChI=1S/C19H20N6O/c1-12-16(20)10-13-3-2-4-14(9-13)15-11-23-25-8-5-17(24-18(15)25)21-6-7-22-19(12)26/h2-5,8-9,11-12,20H,6-7,10H2,1H3,(H,21,24)(H,22,26)/t12-/m0/s1. The highest BCUT2D eigenvalue weighted by Crippen LogP contribution is 2.25. The number of amides is 1. The Morgan fingerprint density at radius 2 is 2.08 bits per heavy atom. The SMILES string of the molecule is C[C@H]1C(=N)Cc2cccc(c2)-c2cnn3ccc(nc23)NCCNC1=O. The van der Waals surface area contributed by atoms with Crippen LogP contribution < -0.4 is 10.6 Å². The molecular weight excluding hydrogens is 328 g/mol. The molecular formula is C19H20N6O. The second kappa shape index (κ2) is 6.59. The van der Waals surface area contributed by atoms with Crippen molar-refractivity contribution in [2.45, 2.75) is 13.3 Å². The van der Waals surface area contributed by atoms with Gasteiger partial charge in [0, 0.05) is 37.0 Å². The third kappa shape index (κ3) is 3.03. The average Bonchev–Trinajstić information content (AvgIpc) is 3.07. The molecule has 3 heterocycles. The molecule has 132 valence electrons. The van der Waals surface area contributed by atoms with E-state index >= 15 is 0 Å². The summed E-state index contributed by atoms with van der Waals surface area (Å²) in [7, 11) is 0. The van der Waals surface area contributed by atoms with E-state index in [0.29, 0.717) is 25.2 Å². The molecule has 0 unspecified atom stereocenters. The van der Waals surface area contributed by atoms with Crippen molar-refractivity contribution in [2.75, 3.05) is 18.4 Å². The van der Waals surface area contributed by atoms with Crippen LogP contribution in [-0.2, 0) is 11.2 Å². The van der Waals surface area contributed by atoms with Crippen molar-refractivity contribution in [1.82, 2.24) is 19.9 Å². The van der Waals surface area contributed by atoms with Crippen LogP contribution >= 0.6 is 0 Å². The van der Waals surface area contributed by atoms with Gasteiger partial charge in [-0.2, -0.15) is 5.10 Å². The number of hydrogen-bond donors (Lipinski definition) is 3. The number of benzene rings is 1. The Bertz CT molecular complexity index is 993. The molecule has 1 amide bonds. The summed E-state index contributed by atoms with van der Waals surface area (Å²) in [6.45, 7) is 2.81. The highest BCUT2D eigenvalue weighted by atomic mass is 16.1. The number of anilines is 1. The number of rotatable bonds is 0. The largest absolute Gasteiger partial charge is 0.368 e.